The van der Waals surface area contributed by atoms with Crippen molar-refractivity contribution in [1.82, 2.24) is 20.0 Å². The molecule has 2 heterocycles. The zero-order chi connectivity index (χ0) is 16.5. The highest BCUT2D eigenvalue weighted by molar-refractivity contribution is 6.03. The molecule has 1 saturated carbocycles. The van der Waals surface area contributed by atoms with Gasteiger partial charge in [-0.05, 0) is 44.0 Å². The van der Waals surface area contributed by atoms with Crippen LogP contribution in [0.2, 0.25) is 0 Å². The molecule has 1 aromatic carbocycles. The van der Waals surface area contributed by atoms with E-state index in [2.05, 4.69) is 20.6 Å². The van der Waals surface area contributed by atoms with Gasteiger partial charge in [0.15, 0.2) is 5.69 Å². The number of amides is 1. The molecule has 1 fully saturated rings. The van der Waals surface area contributed by atoms with Gasteiger partial charge in [-0.1, -0.05) is 22.9 Å². The van der Waals surface area contributed by atoms with Crippen molar-refractivity contribution in [3.63, 3.8) is 0 Å². The summed E-state index contributed by atoms with van der Waals surface area (Å²) in [5, 5.41) is 11.3. The summed E-state index contributed by atoms with van der Waals surface area (Å²) >= 11 is 0. The second-order valence-electron chi connectivity index (χ2n) is 6.03. The molecule has 6 nitrogen and oxygen atoms in total. The summed E-state index contributed by atoms with van der Waals surface area (Å²) in [4.78, 5) is 16.6. The number of carbonyl (C=O) groups is 1. The van der Waals surface area contributed by atoms with E-state index in [0.717, 1.165) is 24.2 Å². The van der Waals surface area contributed by atoms with Crippen LogP contribution < -0.4 is 5.32 Å². The lowest BCUT2D eigenvalue weighted by Gasteiger charge is -2.08. The Hall–Kier alpha value is -3.02. The van der Waals surface area contributed by atoms with Gasteiger partial charge in [-0.3, -0.25) is 9.78 Å². The average Bonchev–Trinajstić information content (AvgIpc) is 3.34. The molecule has 2 aromatic heterocycles. The van der Waals surface area contributed by atoms with Gasteiger partial charge in [0, 0.05) is 24.0 Å². The topological polar surface area (TPSA) is 72.7 Å². The molecule has 1 amide bonds. The van der Waals surface area contributed by atoms with Crippen LogP contribution in [0.5, 0.6) is 0 Å². The highest BCUT2D eigenvalue weighted by Crippen LogP contribution is 2.42. The average molecular weight is 319 g/mol. The van der Waals surface area contributed by atoms with Gasteiger partial charge in [-0.25, -0.2) is 4.68 Å². The molecule has 0 radical (unpaired) electrons. The van der Waals surface area contributed by atoms with Crippen molar-refractivity contribution in [2.75, 3.05) is 5.32 Å². The van der Waals surface area contributed by atoms with E-state index < -0.39 is 0 Å². The maximum Gasteiger partial charge on any atom is 0.278 e. The van der Waals surface area contributed by atoms with Crippen LogP contribution in [-0.2, 0) is 0 Å². The Morgan fingerprint density at radius 2 is 1.83 bits per heavy atom. The van der Waals surface area contributed by atoms with Crippen molar-refractivity contribution in [3.05, 3.63) is 65.7 Å². The van der Waals surface area contributed by atoms with Crippen LogP contribution >= 0.6 is 0 Å². The number of nitrogens with one attached hydrogen (secondary N) is 1. The van der Waals surface area contributed by atoms with Gasteiger partial charge < -0.3 is 5.32 Å². The fourth-order valence-electron chi connectivity index (χ4n) is 2.68. The Morgan fingerprint density at radius 1 is 1.12 bits per heavy atom. The van der Waals surface area contributed by atoms with E-state index in [1.165, 1.54) is 5.56 Å². The molecule has 0 spiro atoms. The third kappa shape index (κ3) is 2.78. The predicted octanol–water partition coefficient (Wildman–Crippen LogP) is 3.10. The summed E-state index contributed by atoms with van der Waals surface area (Å²) in [6.45, 7) is 2.04. The Labute approximate surface area is 139 Å². The summed E-state index contributed by atoms with van der Waals surface area (Å²) in [6.07, 6.45) is 5.41. The lowest BCUT2D eigenvalue weighted by Crippen LogP contribution is -2.15. The Balaban J connectivity index is 1.69. The molecule has 120 valence electrons. The number of carbonyl (C=O) groups excluding carboxylic acids is 1. The standard InChI is InChI=1S/C18H17N5O/c1-12-2-6-15(7-3-12)23-17(13-4-5-13)16(21-22-23)18(24)20-14-8-10-19-11-9-14/h2-3,6-11,13H,4-5H2,1H3,(H,19,20,24). The minimum Gasteiger partial charge on any atom is -0.320 e. The normalized spacial score (nSPS) is 13.7. The number of aryl methyl sites for hydroxylation is 1. The first-order valence-electron chi connectivity index (χ1n) is 7.96. The molecule has 4 rings (SSSR count). The minimum atomic E-state index is -0.235. The van der Waals surface area contributed by atoms with Crippen molar-refractivity contribution < 1.29 is 4.79 Å². The van der Waals surface area contributed by atoms with Gasteiger partial charge in [0.2, 0.25) is 0 Å². The number of benzene rings is 1. The van der Waals surface area contributed by atoms with Crippen LogP contribution in [0, 0.1) is 6.92 Å². The smallest absolute Gasteiger partial charge is 0.278 e. The summed E-state index contributed by atoms with van der Waals surface area (Å²) < 4.78 is 1.79. The van der Waals surface area contributed by atoms with E-state index in [0.29, 0.717) is 17.3 Å². The number of pyridine rings is 1. The molecule has 0 atom stereocenters. The largest absolute Gasteiger partial charge is 0.320 e. The van der Waals surface area contributed by atoms with Crippen molar-refractivity contribution in [3.8, 4) is 5.69 Å². The highest BCUT2D eigenvalue weighted by Gasteiger charge is 2.34. The Bertz CT molecular complexity index is 866. The number of hydrogen-bond donors (Lipinski definition) is 1. The van der Waals surface area contributed by atoms with Crippen LogP contribution in [0.4, 0.5) is 5.69 Å². The molecule has 3 aromatic rings. The summed E-state index contributed by atoms with van der Waals surface area (Å²) in [7, 11) is 0. The Morgan fingerprint density at radius 3 is 2.50 bits per heavy atom. The van der Waals surface area contributed by atoms with Crippen molar-refractivity contribution >= 4 is 11.6 Å². The van der Waals surface area contributed by atoms with Crippen molar-refractivity contribution in [2.24, 2.45) is 0 Å². The van der Waals surface area contributed by atoms with E-state index in [-0.39, 0.29) is 5.91 Å². The minimum absolute atomic E-state index is 0.235. The van der Waals surface area contributed by atoms with Gasteiger partial charge in [0.1, 0.15) is 0 Å². The third-order valence-corrected chi connectivity index (χ3v) is 4.10. The number of rotatable bonds is 4. The zero-order valence-electron chi connectivity index (χ0n) is 13.3. The molecular formula is C18H17N5O. The summed E-state index contributed by atoms with van der Waals surface area (Å²) in [5.74, 6) is 0.112. The lowest BCUT2D eigenvalue weighted by atomic mass is 10.2. The van der Waals surface area contributed by atoms with E-state index in [9.17, 15) is 4.79 Å². The molecule has 1 aliphatic carbocycles. The number of aromatic nitrogens is 4. The van der Waals surface area contributed by atoms with Crippen molar-refractivity contribution in [1.29, 1.82) is 0 Å². The first-order chi connectivity index (χ1) is 11.7. The van der Waals surface area contributed by atoms with Crippen LogP contribution in [0.25, 0.3) is 5.69 Å². The highest BCUT2D eigenvalue weighted by atomic mass is 16.2. The second-order valence-corrected chi connectivity index (χ2v) is 6.03. The molecular weight excluding hydrogens is 302 g/mol. The molecule has 0 bridgehead atoms. The fourth-order valence-corrected chi connectivity index (χ4v) is 2.68. The maximum absolute atomic E-state index is 12.6. The molecule has 0 aliphatic heterocycles. The van der Waals surface area contributed by atoms with Gasteiger partial charge in [-0.2, -0.15) is 0 Å². The first kappa shape index (κ1) is 14.6. The molecule has 1 aliphatic rings. The summed E-state index contributed by atoms with van der Waals surface area (Å²) in [5.41, 5.74) is 4.10. The maximum atomic E-state index is 12.6. The lowest BCUT2D eigenvalue weighted by molar-refractivity contribution is 0.102. The first-order valence-corrected chi connectivity index (χ1v) is 7.96. The van der Waals surface area contributed by atoms with E-state index in [1.807, 2.05) is 31.2 Å². The van der Waals surface area contributed by atoms with Gasteiger partial charge in [-0.15, -0.1) is 5.10 Å². The van der Waals surface area contributed by atoms with Crippen LogP contribution in [0.1, 0.15) is 40.5 Å². The number of nitrogens with zero attached hydrogens (tertiary/aromatic N) is 4. The van der Waals surface area contributed by atoms with Gasteiger partial charge in [0.05, 0.1) is 11.4 Å². The SMILES string of the molecule is Cc1ccc(-n2nnc(C(=O)Nc3ccncc3)c2C2CC2)cc1. The quantitative estimate of drug-likeness (QED) is 0.802. The van der Waals surface area contributed by atoms with Crippen LogP contribution in [-0.4, -0.2) is 25.9 Å². The fraction of sp³-hybridized carbons (Fsp3) is 0.222. The number of hydrogen-bond acceptors (Lipinski definition) is 4. The summed E-state index contributed by atoms with van der Waals surface area (Å²) in [6, 6.07) is 11.6. The van der Waals surface area contributed by atoms with E-state index in [4.69, 9.17) is 0 Å². The van der Waals surface area contributed by atoms with E-state index >= 15 is 0 Å². The predicted molar refractivity (Wildman–Crippen MR) is 90.3 cm³/mol. The zero-order valence-corrected chi connectivity index (χ0v) is 13.3. The molecule has 0 unspecified atom stereocenters. The number of anilines is 1. The Kier molecular flexibility index (Phi) is 3.57. The van der Waals surface area contributed by atoms with Gasteiger partial charge >= 0.3 is 0 Å². The molecule has 0 saturated heterocycles. The van der Waals surface area contributed by atoms with E-state index in [1.54, 1.807) is 29.2 Å². The van der Waals surface area contributed by atoms with Crippen molar-refractivity contribution in [2.45, 2.75) is 25.7 Å². The monoisotopic (exact) mass is 319 g/mol. The molecule has 6 heteroatoms. The van der Waals surface area contributed by atoms with Gasteiger partial charge in [0.25, 0.3) is 5.91 Å². The molecule has 1 N–H and O–H groups in total. The molecule has 24 heavy (non-hydrogen) atoms. The third-order valence-electron chi connectivity index (χ3n) is 4.10. The van der Waals surface area contributed by atoms with Crippen LogP contribution in [0.3, 0.4) is 0 Å². The van der Waals surface area contributed by atoms with Crippen LogP contribution in [0.15, 0.2) is 48.8 Å². The second kappa shape index (κ2) is 5.88.